The summed E-state index contributed by atoms with van der Waals surface area (Å²) in [6.07, 6.45) is 3.19. The van der Waals surface area contributed by atoms with Gasteiger partial charge in [-0.25, -0.2) is 9.59 Å². The number of aryl methyl sites for hydroxylation is 1. The summed E-state index contributed by atoms with van der Waals surface area (Å²) in [5, 5.41) is 17.0. The minimum atomic E-state index is -1.10. The summed E-state index contributed by atoms with van der Waals surface area (Å²) in [5.74, 6) is -1.79. The van der Waals surface area contributed by atoms with Gasteiger partial charge in [-0.2, -0.15) is 5.10 Å². The molecule has 1 aromatic heterocycles. The van der Waals surface area contributed by atoms with Crippen LogP contribution in [0, 0.1) is 11.3 Å². The fourth-order valence-electron chi connectivity index (χ4n) is 4.75. The Balaban J connectivity index is 1.48. The molecule has 1 fully saturated rings. The summed E-state index contributed by atoms with van der Waals surface area (Å²) in [4.78, 5) is 36.6. The number of rotatable bonds is 7. The van der Waals surface area contributed by atoms with Crippen molar-refractivity contribution in [2.75, 3.05) is 26.4 Å². The second-order valence-corrected chi connectivity index (χ2v) is 9.37. The Morgan fingerprint density at radius 3 is 2.74 bits per heavy atom. The standard InChI is InChI=1S/C25H31N3O6/c1-3-19-21-20(12-25(15-26-22(21)29)7-9-33-10-8-25)28(27-19)13-16(2)14-34-24(32)18-6-4-5-17(11-18)23(30)31/h4-6,11,16H,3,7-10,12-15H2,1-2H3,(H,26,29)(H,30,31)/t16-/m1/s1. The van der Waals surface area contributed by atoms with E-state index in [1.165, 1.54) is 24.3 Å². The van der Waals surface area contributed by atoms with Crippen molar-refractivity contribution in [3.8, 4) is 0 Å². The third-order valence-corrected chi connectivity index (χ3v) is 6.74. The number of benzene rings is 1. The first-order chi connectivity index (χ1) is 16.3. The monoisotopic (exact) mass is 469 g/mol. The zero-order valence-electron chi connectivity index (χ0n) is 19.6. The van der Waals surface area contributed by atoms with E-state index in [4.69, 9.17) is 19.7 Å². The number of carboxylic acid groups (broad SMARTS) is 1. The molecule has 3 heterocycles. The topological polar surface area (TPSA) is 120 Å². The summed E-state index contributed by atoms with van der Waals surface area (Å²) < 4.78 is 12.9. The molecule has 4 rings (SSSR count). The number of carbonyl (C=O) groups is 3. The molecule has 2 aromatic rings. The van der Waals surface area contributed by atoms with E-state index < -0.39 is 11.9 Å². The molecule has 2 aliphatic heterocycles. The second kappa shape index (κ2) is 9.97. The molecule has 182 valence electrons. The number of amides is 1. The molecule has 34 heavy (non-hydrogen) atoms. The van der Waals surface area contributed by atoms with E-state index in [0.29, 0.717) is 38.3 Å². The van der Waals surface area contributed by atoms with Gasteiger partial charge in [-0.3, -0.25) is 9.48 Å². The summed E-state index contributed by atoms with van der Waals surface area (Å²) in [7, 11) is 0. The molecule has 0 aliphatic carbocycles. The van der Waals surface area contributed by atoms with Crippen LogP contribution in [0.3, 0.4) is 0 Å². The van der Waals surface area contributed by atoms with E-state index >= 15 is 0 Å². The maximum absolute atomic E-state index is 13.0. The van der Waals surface area contributed by atoms with E-state index in [2.05, 4.69) is 5.32 Å². The molecule has 0 bridgehead atoms. The minimum Gasteiger partial charge on any atom is -0.478 e. The smallest absolute Gasteiger partial charge is 0.338 e. The average molecular weight is 470 g/mol. The Hall–Kier alpha value is -3.20. The first-order valence-electron chi connectivity index (χ1n) is 11.8. The third-order valence-electron chi connectivity index (χ3n) is 6.74. The maximum atomic E-state index is 13.0. The second-order valence-electron chi connectivity index (χ2n) is 9.37. The molecule has 0 saturated carbocycles. The fraction of sp³-hybridized carbons (Fsp3) is 0.520. The largest absolute Gasteiger partial charge is 0.478 e. The number of carbonyl (C=O) groups excluding carboxylic acids is 2. The highest BCUT2D eigenvalue weighted by atomic mass is 16.5. The van der Waals surface area contributed by atoms with E-state index in [1.54, 1.807) is 0 Å². The fourth-order valence-corrected chi connectivity index (χ4v) is 4.75. The molecule has 9 nitrogen and oxygen atoms in total. The van der Waals surface area contributed by atoms with Gasteiger partial charge in [-0.05, 0) is 49.3 Å². The molecule has 9 heteroatoms. The molecule has 1 spiro atoms. The SMILES string of the molecule is CCc1nn(C[C@@H](C)COC(=O)c2cccc(C(=O)O)c2)c2c1C(=O)NCC1(CCOCC1)C2. The normalized spacial score (nSPS) is 18.0. The molecule has 1 saturated heterocycles. The number of ether oxygens (including phenoxy) is 2. The average Bonchev–Trinajstić information content (AvgIpc) is 3.11. The van der Waals surface area contributed by atoms with E-state index in [1.807, 2.05) is 18.5 Å². The van der Waals surface area contributed by atoms with Crippen LogP contribution in [0.25, 0.3) is 0 Å². The van der Waals surface area contributed by atoms with Crippen LogP contribution < -0.4 is 5.32 Å². The van der Waals surface area contributed by atoms with Crippen LogP contribution in [-0.4, -0.2) is 59.1 Å². The first kappa shape index (κ1) is 23.9. The van der Waals surface area contributed by atoms with Gasteiger partial charge in [0, 0.05) is 32.2 Å². The van der Waals surface area contributed by atoms with Gasteiger partial charge in [-0.15, -0.1) is 0 Å². The Bertz CT molecular complexity index is 1090. The van der Waals surface area contributed by atoms with Crippen molar-refractivity contribution >= 4 is 17.8 Å². The lowest BCUT2D eigenvalue weighted by Gasteiger charge is -2.36. The van der Waals surface area contributed by atoms with Gasteiger partial charge in [-0.1, -0.05) is 19.9 Å². The Morgan fingerprint density at radius 1 is 1.29 bits per heavy atom. The van der Waals surface area contributed by atoms with Gasteiger partial charge in [0.15, 0.2) is 0 Å². The molecular weight excluding hydrogens is 438 g/mol. The van der Waals surface area contributed by atoms with Gasteiger partial charge < -0.3 is 19.9 Å². The Morgan fingerprint density at radius 2 is 2.03 bits per heavy atom. The van der Waals surface area contributed by atoms with Crippen molar-refractivity contribution in [3.05, 3.63) is 52.3 Å². The van der Waals surface area contributed by atoms with E-state index in [9.17, 15) is 14.4 Å². The van der Waals surface area contributed by atoms with Crippen molar-refractivity contribution in [2.24, 2.45) is 11.3 Å². The number of fused-ring (bicyclic) bond motifs is 1. The van der Waals surface area contributed by atoms with E-state index in [-0.39, 0.29) is 35.0 Å². The molecule has 2 aliphatic rings. The number of aromatic nitrogens is 2. The lowest BCUT2D eigenvalue weighted by molar-refractivity contribution is 0.0151. The van der Waals surface area contributed by atoms with Crippen LogP contribution in [0.1, 0.15) is 69.2 Å². The van der Waals surface area contributed by atoms with Gasteiger partial charge in [0.2, 0.25) is 0 Å². The third kappa shape index (κ3) is 4.99. The molecule has 1 aromatic carbocycles. The van der Waals surface area contributed by atoms with Gasteiger partial charge in [0.25, 0.3) is 5.91 Å². The maximum Gasteiger partial charge on any atom is 0.338 e. The lowest BCUT2D eigenvalue weighted by atomic mass is 9.76. The van der Waals surface area contributed by atoms with Crippen LogP contribution in [0.2, 0.25) is 0 Å². The lowest BCUT2D eigenvalue weighted by Crippen LogP contribution is -2.41. The van der Waals surface area contributed by atoms with Gasteiger partial charge in [0.05, 0.1) is 34.7 Å². The zero-order valence-corrected chi connectivity index (χ0v) is 19.6. The number of hydrogen-bond acceptors (Lipinski definition) is 6. The Labute approximate surface area is 198 Å². The predicted molar refractivity (Wildman–Crippen MR) is 123 cm³/mol. The van der Waals surface area contributed by atoms with Crippen LogP contribution in [0.15, 0.2) is 24.3 Å². The Kier molecular flexibility index (Phi) is 7.02. The molecular formula is C25H31N3O6. The quantitative estimate of drug-likeness (QED) is 0.598. The molecule has 0 radical (unpaired) electrons. The number of nitrogens with zero attached hydrogens (tertiary/aromatic N) is 2. The van der Waals surface area contributed by atoms with Crippen LogP contribution in [0.5, 0.6) is 0 Å². The van der Waals surface area contributed by atoms with Gasteiger partial charge in [0.1, 0.15) is 0 Å². The highest BCUT2D eigenvalue weighted by molar-refractivity contribution is 5.97. The van der Waals surface area contributed by atoms with Crippen LogP contribution in [0.4, 0.5) is 0 Å². The summed E-state index contributed by atoms with van der Waals surface area (Å²) in [6.45, 7) is 6.62. The number of aromatic carboxylic acids is 1. The highest BCUT2D eigenvalue weighted by Gasteiger charge is 2.39. The summed E-state index contributed by atoms with van der Waals surface area (Å²) >= 11 is 0. The van der Waals surface area contributed by atoms with Gasteiger partial charge >= 0.3 is 11.9 Å². The van der Waals surface area contributed by atoms with Crippen LogP contribution >= 0.6 is 0 Å². The molecule has 1 atom stereocenters. The number of esters is 1. The summed E-state index contributed by atoms with van der Waals surface area (Å²) in [5.41, 5.74) is 2.61. The van der Waals surface area contributed by atoms with Crippen molar-refractivity contribution in [1.29, 1.82) is 0 Å². The van der Waals surface area contributed by atoms with E-state index in [0.717, 1.165) is 30.7 Å². The van der Waals surface area contributed by atoms with Crippen molar-refractivity contribution in [2.45, 2.75) is 46.1 Å². The first-order valence-corrected chi connectivity index (χ1v) is 11.8. The molecule has 1 amide bonds. The highest BCUT2D eigenvalue weighted by Crippen LogP contribution is 2.37. The van der Waals surface area contributed by atoms with Crippen molar-refractivity contribution in [3.63, 3.8) is 0 Å². The van der Waals surface area contributed by atoms with Crippen LogP contribution in [-0.2, 0) is 28.9 Å². The molecule has 2 N–H and O–H groups in total. The summed E-state index contributed by atoms with van der Waals surface area (Å²) in [6, 6.07) is 5.79. The number of nitrogens with one attached hydrogen (secondary N) is 1. The molecule has 0 unspecified atom stereocenters. The van der Waals surface area contributed by atoms with Crippen molar-refractivity contribution < 1.29 is 29.0 Å². The number of carboxylic acids is 1. The predicted octanol–water partition coefficient (Wildman–Crippen LogP) is 2.72. The zero-order chi connectivity index (χ0) is 24.3. The van der Waals surface area contributed by atoms with Crippen molar-refractivity contribution in [1.82, 2.24) is 15.1 Å². The number of hydrogen-bond donors (Lipinski definition) is 2. The minimum absolute atomic E-state index is 0.0349.